The van der Waals surface area contributed by atoms with E-state index in [0.29, 0.717) is 18.8 Å². The van der Waals surface area contributed by atoms with Gasteiger partial charge < -0.3 is 15.0 Å². The Kier molecular flexibility index (Phi) is 5.42. The van der Waals surface area contributed by atoms with E-state index < -0.39 is 0 Å². The third-order valence-corrected chi connectivity index (χ3v) is 2.57. The molecule has 0 aromatic carbocycles. The highest BCUT2D eigenvalue weighted by atomic mass is 16.3. The summed E-state index contributed by atoms with van der Waals surface area (Å²) in [5, 5.41) is 11.8. The van der Waals surface area contributed by atoms with Gasteiger partial charge in [-0.05, 0) is 25.0 Å². The van der Waals surface area contributed by atoms with Crippen LogP contribution >= 0.6 is 0 Å². The quantitative estimate of drug-likeness (QED) is 0.543. The number of hydrogen-bond donors (Lipinski definition) is 2. The average Bonchev–Trinajstić information content (AvgIpc) is 2.70. The van der Waals surface area contributed by atoms with E-state index in [4.69, 9.17) is 5.11 Å². The average molecular weight is 238 g/mol. The van der Waals surface area contributed by atoms with E-state index in [9.17, 15) is 9.59 Å². The fourth-order valence-electron chi connectivity index (χ4n) is 1.70. The van der Waals surface area contributed by atoms with Crippen molar-refractivity contribution in [2.45, 2.75) is 32.9 Å². The number of aldehydes is 1. The highest BCUT2D eigenvalue weighted by Crippen LogP contribution is 2.09. The summed E-state index contributed by atoms with van der Waals surface area (Å²) in [5.74, 6) is -0.0319. The first-order valence-corrected chi connectivity index (χ1v) is 5.68. The molecule has 0 radical (unpaired) electrons. The number of rotatable bonds is 7. The van der Waals surface area contributed by atoms with Gasteiger partial charge in [0.05, 0.1) is 12.3 Å². The number of amides is 1. The van der Waals surface area contributed by atoms with Gasteiger partial charge in [0.1, 0.15) is 0 Å². The molecule has 0 saturated heterocycles. The largest absolute Gasteiger partial charge is 0.390 e. The molecule has 5 nitrogen and oxygen atoms in total. The van der Waals surface area contributed by atoms with Crippen LogP contribution < -0.4 is 5.32 Å². The van der Waals surface area contributed by atoms with Gasteiger partial charge in [-0.3, -0.25) is 9.59 Å². The van der Waals surface area contributed by atoms with Crippen LogP contribution in [0.5, 0.6) is 0 Å². The SMILES string of the molecule is CC(=O)NCCCCn1c(C=O)ccc1CO. The van der Waals surface area contributed by atoms with Crippen LogP contribution in [-0.4, -0.2) is 28.4 Å². The van der Waals surface area contributed by atoms with Gasteiger partial charge in [0.25, 0.3) is 0 Å². The van der Waals surface area contributed by atoms with Crippen molar-refractivity contribution in [3.8, 4) is 0 Å². The standard InChI is InChI=1S/C12H18N2O3/c1-10(17)13-6-2-3-7-14-11(8-15)4-5-12(14)9-16/h4-5,8,16H,2-3,6-7,9H2,1H3,(H,13,17). The molecule has 1 aromatic rings. The molecule has 94 valence electrons. The van der Waals surface area contributed by atoms with Gasteiger partial charge in [0, 0.05) is 25.7 Å². The van der Waals surface area contributed by atoms with E-state index in [-0.39, 0.29) is 12.5 Å². The number of aromatic nitrogens is 1. The van der Waals surface area contributed by atoms with Crippen LogP contribution in [0.3, 0.4) is 0 Å². The van der Waals surface area contributed by atoms with Crippen molar-refractivity contribution in [3.63, 3.8) is 0 Å². The molecule has 2 N–H and O–H groups in total. The fraction of sp³-hybridized carbons (Fsp3) is 0.500. The molecule has 17 heavy (non-hydrogen) atoms. The van der Waals surface area contributed by atoms with Gasteiger partial charge in [-0.1, -0.05) is 0 Å². The Morgan fingerprint density at radius 1 is 1.47 bits per heavy atom. The van der Waals surface area contributed by atoms with E-state index in [1.807, 2.05) is 0 Å². The Morgan fingerprint density at radius 3 is 2.82 bits per heavy atom. The van der Waals surface area contributed by atoms with Crippen molar-refractivity contribution in [1.82, 2.24) is 9.88 Å². The molecule has 0 bridgehead atoms. The van der Waals surface area contributed by atoms with Gasteiger partial charge in [-0.15, -0.1) is 0 Å². The van der Waals surface area contributed by atoms with Crippen molar-refractivity contribution in [2.24, 2.45) is 0 Å². The Balaban J connectivity index is 2.42. The summed E-state index contributed by atoms with van der Waals surface area (Å²) in [6.07, 6.45) is 2.48. The van der Waals surface area contributed by atoms with Gasteiger partial charge in [0.2, 0.25) is 5.91 Å². The zero-order valence-corrected chi connectivity index (χ0v) is 9.98. The minimum atomic E-state index is -0.0699. The van der Waals surface area contributed by atoms with E-state index in [2.05, 4.69) is 5.32 Å². The number of aliphatic hydroxyl groups excluding tert-OH is 1. The normalized spacial score (nSPS) is 10.2. The van der Waals surface area contributed by atoms with Crippen LogP contribution in [0, 0.1) is 0 Å². The highest BCUT2D eigenvalue weighted by Gasteiger charge is 2.05. The van der Waals surface area contributed by atoms with Gasteiger partial charge in [-0.2, -0.15) is 0 Å². The second-order valence-corrected chi connectivity index (χ2v) is 3.87. The Morgan fingerprint density at radius 2 is 2.24 bits per heavy atom. The summed E-state index contributed by atoms with van der Waals surface area (Å²) in [4.78, 5) is 21.4. The number of aliphatic hydroxyl groups is 1. The predicted molar refractivity (Wildman–Crippen MR) is 63.7 cm³/mol. The highest BCUT2D eigenvalue weighted by molar-refractivity contribution is 5.73. The van der Waals surface area contributed by atoms with Crippen LogP contribution in [0.2, 0.25) is 0 Å². The molecule has 0 spiro atoms. The van der Waals surface area contributed by atoms with Crippen molar-refractivity contribution >= 4 is 12.2 Å². The van der Waals surface area contributed by atoms with Crippen LogP contribution in [0.4, 0.5) is 0 Å². The summed E-state index contributed by atoms with van der Waals surface area (Å²) in [6, 6.07) is 3.45. The maximum absolute atomic E-state index is 10.8. The smallest absolute Gasteiger partial charge is 0.216 e. The number of carbonyl (C=O) groups excluding carboxylic acids is 2. The molecule has 0 aliphatic carbocycles. The Bertz CT molecular complexity index is 385. The van der Waals surface area contributed by atoms with Crippen molar-refractivity contribution in [3.05, 3.63) is 23.5 Å². The molecule has 0 atom stereocenters. The second kappa shape index (κ2) is 6.85. The molecule has 0 aliphatic heterocycles. The molecule has 1 aromatic heterocycles. The Hall–Kier alpha value is -1.62. The lowest BCUT2D eigenvalue weighted by Crippen LogP contribution is -2.21. The summed E-state index contributed by atoms with van der Waals surface area (Å²) in [5.41, 5.74) is 1.32. The number of nitrogens with one attached hydrogen (secondary N) is 1. The first-order chi connectivity index (χ1) is 8.19. The van der Waals surface area contributed by atoms with Gasteiger partial charge in [-0.25, -0.2) is 0 Å². The molecular formula is C12H18N2O3. The predicted octanol–water partition coefficient (Wildman–Crippen LogP) is 0.709. The van der Waals surface area contributed by atoms with Crippen LogP contribution in [0.25, 0.3) is 0 Å². The molecule has 0 saturated carbocycles. The monoisotopic (exact) mass is 238 g/mol. The molecule has 0 unspecified atom stereocenters. The number of hydrogen-bond acceptors (Lipinski definition) is 3. The zero-order chi connectivity index (χ0) is 12.7. The first kappa shape index (κ1) is 13.4. The lowest BCUT2D eigenvalue weighted by Gasteiger charge is -2.09. The minimum absolute atomic E-state index is 0.0319. The molecule has 0 fully saturated rings. The molecule has 0 aliphatic rings. The van der Waals surface area contributed by atoms with Crippen molar-refractivity contribution < 1.29 is 14.7 Å². The number of nitrogens with zero attached hydrogens (tertiary/aromatic N) is 1. The molecule has 1 amide bonds. The topological polar surface area (TPSA) is 71.3 Å². The van der Waals surface area contributed by atoms with E-state index >= 15 is 0 Å². The minimum Gasteiger partial charge on any atom is -0.390 e. The maximum Gasteiger partial charge on any atom is 0.216 e. The van der Waals surface area contributed by atoms with Crippen LogP contribution in [-0.2, 0) is 17.9 Å². The van der Waals surface area contributed by atoms with Crippen LogP contribution in [0.1, 0.15) is 35.9 Å². The van der Waals surface area contributed by atoms with E-state index in [1.54, 1.807) is 16.7 Å². The fourth-order valence-corrected chi connectivity index (χ4v) is 1.70. The van der Waals surface area contributed by atoms with Gasteiger partial charge in [0.15, 0.2) is 6.29 Å². The van der Waals surface area contributed by atoms with Crippen LogP contribution in [0.15, 0.2) is 12.1 Å². The Labute approximate surface area is 100 Å². The summed E-state index contributed by atoms with van der Waals surface area (Å²) < 4.78 is 1.81. The third-order valence-electron chi connectivity index (χ3n) is 2.57. The summed E-state index contributed by atoms with van der Waals surface area (Å²) in [7, 11) is 0. The van der Waals surface area contributed by atoms with Gasteiger partial charge >= 0.3 is 0 Å². The maximum atomic E-state index is 10.8. The summed E-state index contributed by atoms with van der Waals surface area (Å²) in [6.45, 7) is 2.73. The molecule has 5 heteroatoms. The van der Waals surface area contributed by atoms with Crippen molar-refractivity contribution in [2.75, 3.05) is 6.54 Å². The van der Waals surface area contributed by atoms with E-state index in [0.717, 1.165) is 24.8 Å². The first-order valence-electron chi connectivity index (χ1n) is 5.68. The zero-order valence-electron chi connectivity index (χ0n) is 9.98. The van der Waals surface area contributed by atoms with Crippen molar-refractivity contribution in [1.29, 1.82) is 0 Å². The molecule has 1 rings (SSSR count). The van der Waals surface area contributed by atoms with E-state index in [1.165, 1.54) is 6.92 Å². The number of unbranched alkanes of at least 4 members (excludes halogenated alkanes) is 1. The molecular weight excluding hydrogens is 220 g/mol. The second-order valence-electron chi connectivity index (χ2n) is 3.87. The molecule has 1 heterocycles. The lowest BCUT2D eigenvalue weighted by molar-refractivity contribution is -0.118. The third kappa shape index (κ3) is 4.03. The lowest BCUT2D eigenvalue weighted by atomic mass is 10.3. The summed E-state index contributed by atoms with van der Waals surface area (Å²) >= 11 is 0. The number of carbonyl (C=O) groups is 2.